The SMILES string of the molecule is CNCC(C)C(=O)Cc1ccncc1. The number of nitrogens with zero attached hydrogens (tertiary/aromatic N) is 1. The number of Topliss-reactive ketones (excluding diaryl/α,β-unsaturated/α-hetero) is 1. The minimum Gasteiger partial charge on any atom is -0.319 e. The number of carbonyl (C=O) groups is 1. The largest absolute Gasteiger partial charge is 0.319 e. The summed E-state index contributed by atoms with van der Waals surface area (Å²) in [6, 6.07) is 3.76. The van der Waals surface area contributed by atoms with Crippen LogP contribution < -0.4 is 5.32 Å². The third-order valence-electron chi connectivity index (χ3n) is 2.19. The van der Waals surface area contributed by atoms with Crippen LogP contribution in [0, 0.1) is 5.92 Å². The van der Waals surface area contributed by atoms with Crippen LogP contribution in [0.5, 0.6) is 0 Å². The van der Waals surface area contributed by atoms with Crippen molar-refractivity contribution in [2.45, 2.75) is 13.3 Å². The van der Waals surface area contributed by atoms with Crippen molar-refractivity contribution in [2.24, 2.45) is 5.92 Å². The molecule has 0 aromatic carbocycles. The lowest BCUT2D eigenvalue weighted by Gasteiger charge is -2.08. The summed E-state index contributed by atoms with van der Waals surface area (Å²) in [6.07, 6.45) is 3.93. The first-order valence-corrected chi connectivity index (χ1v) is 4.80. The maximum absolute atomic E-state index is 11.6. The van der Waals surface area contributed by atoms with Crippen molar-refractivity contribution >= 4 is 5.78 Å². The molecule has 0 bridgehead atoms. The number of rotatable bonds is 5. The number of carbonyl (C=O) groups excluding carboxylic acids is 1. The lowest BCUT2D eigenvalue weighted by atomic mass is 10.0. The molecule has 1 rings (SSSR count). The van der Waals surface area contributed by atoms with E-state index in [4.69, 9.17) is 0 Å². The summed E-state index contributed by atoms with van der Waals surface area (Å²) in [4.78, 5) is 15.6. The third kappa shape index (κ3) is 3.26. The van der Waals surface area contributed by atoms with Gasteiger partial charge < -0.3 is 5.32 Å². The maximum atomic E-state index is 11.6. The molecular weight excluding hydrogens is 176 g/mol. The van der Waals surface area contributed by atoms with Gasteiger partial charge in [0.2, 0.25) is 0 Å². The molecule has 3 heteroatoms. The Morgan fingerprint density at radius 1 is 1.50 bits per heavy atom. The van der Waals surface area contributed by atoms with E-state index in [1.54, 1.807) is 12.4 Å². The van der Waals surface area contributed by atoms with Gasteiger partial charge in [0, 0.05) is 31.3 Å². The van der Waals surface area contributed by atoms with E-state index in [1.807, 2.05) is 26.1 Å². The molecule has 0 saturated carbocycles. The summed E-state index contributed by atoms with van der Waals surface area (Å²) in [6.45, 7) is 2.68. The molecule has 1 N–H and O–H groups in total. The summed E-state index contributed by atoms with van der Waals surface area (Å²) in [5.74, 6) is 0.346. The molecule has 0 amide bonds. The zero-order chi connectivity index (χ0) is 10.4. The Morgan fingerprint density at radius 3 is 2.71 bits per heavy atom. The van der Waals surface area contributed by atoms with Gasteiger partial charge in [-0.25, -0.2) is 0 Å². The highest BCUT2D eigenvalue weighted by Crippen LogP contribution is 2.04. The third-order valence-corrected chi connectivity index (χ3v) is 2.19. The van der Waals surface area contributed by atoms with Crippen LogP contribution in [-0.2, 0) is 11.2 Å². The Morgan fingerprint density at radius 2 is 2.14 bits per heavy atom. The molecule has 14 heavy (non-hydrogen) atoms. The van der Waals surface area contributed by atoms with Crippen molar-refractivity contribution in [2.75, 3.05) is 13.6 Å². The number of ketones is 1. The molecule has 1 aromatic rings. The predicted octanol–water partition coefficient (Wildman–Crippen LogP) is 1.05. The number of pyridine rings is 1. The topological polar surface area (TPSA) is 42.0 Å². The van der Waals surface area contributed by atoms with Crippen LogP contribution in [0.1, 0.15) is 12.5 Å². The number of hydrogen-bond acceptors (Lipinski definition) is 3. The van der Waals surface area contributed by atoms with E-state index in [1.165, 1.54) is 0 Å². The van der Waals surface area contributed by atoms with Gasteiger partial charge in [0.15, 0.2) is 0 Å². The van der Waals surface area contributed by atoms with Gasteiger partial charge >= 0.3 is 0 Å². The summed E-state index contributed by atoms with van der Waals surface area (Å²) in [5.41, 5.74) is 1.04. The van der Waals surface area contributed by atoms with Gasteiger partial charge in [-0.2, -0.15) is 0 Å². The quantitative estimate of drug-likeness (QED) is 0.758. The molecule has 1 aromatic heterocycles. The minimum absolute atomic E-state index is 0.0770. The van der Waals surface area contributed by atoms with Crippen molar-refractivity contribution < 1.29 is 4.79 Å². The smallest absolute Gasteiger partial charge is 0.141 e. The Bertz CT molecular complexity index is 285. The molecule has 0 spiro atoms. The van der Waals surface area contributed by atoms with Crippen LogP contribution in [0.2, 0.25) is 0 Å². The summed E-state index contributed by atoms with van der Waals surface area (Å²) in [7, 11) is 1.86. The maximum Gasteiger partial charge on any atom is 0.141 e. The first-order valence-electron chi connectivity index (χ1n) is 4.80. The normalized spacial score (nSPS) is 12.4. The average Bonchev–Trinajstić information content (AvgIpc) is 2.19. The van der Waals surface area contributed by atoms with Crippen LogP contribution in [0.25, 0.3) is 0 Å². The summed E-state index contributed by atoms with van der Waals surface area (Å²) >= 11 is 0. The van der Waals surface area contributed by atoms with Crippen molar-refractivity contribution in [1.82, 2.24) is 10.3 Å². The zero-order valence-electron chi connectivity index (χ0n) is 8.66. The van der Waals surface area contributed by atoms with Crippen molar-refractivity contribution in [3.05, 3.63) is 30.1 Å². The van der Waals surface area contributed by atoms with E-state index in [0.717, 1.165) is 12.1 Å². The molecule has 0 fully saturated rings. The molecule has 0 radical (unpaired) electrons. The molecule has 0 saturated heterocycles. The molecule has 0 aliphatic heterocycles. The van der Waals surface area contributed by atoms with Crippen LogP contribution >= 0.6 is 0 Å². The van der Waals surface area contributed by atoms with Crippen LogP contribution in [-0.4, -0.2) is 24.4 Å². The zero-order valence-corrected chi connectivity index (χ0v) is 8.66. The predicted molar refractivity (Wildman–Crippen MR) is 56.0 cm³/mol. The molecule has 0 aliphatic carbocycles. The van der Waals surface area contributed by atoms with Gasteiger partial charge in [-0.05, 0) is 24.7 Å². The van der Waals surface area contributed by atoms with Crippen LogP contribution in [0.15, 0.2) is 24.5 Å². The number of hydrogen-bond donors (Lipinski definition) is 1. The lowest BCUT2D eigenvalue weighted by molar-refractivity contribution is -0.121. The van der Waals surface area contributed by atoms with Gasteiger partial charge in [0.1, 0.15) is 5.78 Å². The Balaban J connectivity index is 2.49. The van der Waals surface area contributed by atoms with E-state index in [2.05, 4.69) is 10.3 Å². The van der Waals surface area contributed by atoms with Crippen molar-refractivity contribution in [1.29, 1.82) is 0 Å². The first kappa shape index (κ1) is 10.9. The Kier molecular flexibility index (Phi) is 4.26. The number of nitrogens with one attached hydrogen (secondary N) is 1. The Hall–Kier alpha value is -1.22. The van der Waals surface area contributed by atoms with E-state index in [9.17, 15) is 4.79 Å². The first-order chi connectivity index (χ1) is 6.74. The van der Waals surface area contributed by atoms with Gasteiger partial charge in [-0.3, -0.25) is 9.78 Å². The van der Waals surface area contributed by atoms with E-state index in [0.29, 0.717) is 6.42 Å². The highest BCUT2D eigenvalue weighted by molar-refractivity contribution is 5.83. The standard InChI is InChI=1S/C11H16N2O/c1-9(8-12-2)11(14)7-10-3-5-13-6-4-10/h3-6,9,12H,7-8H2,1-2H3. The van der Waals surface area contributed by atoms with Crippen LogP contribution in [0.3, 0.4) is 0 Å². The summed E-state index contributed by atoms with van der Waals surface area (Å²) in [5, 5.41) is 3.00. The molecule has 1 atom stereocenters. The van der Waals surface area contributed by atoms with E-state index in [-0.39, 0.29) is 11.7 Å². The van der Waals surface area contributed by atoms with Gasteiger partial charge in [-0.15, -0.1) is 0 Å². The van der Waals surface area contributed by atoms with E-state index < -0.39 is 0 Å². The fourth-order valence-corrected chi connectivity index (χ4v) is 1.30. The number of aromatic nitrogens is 1. The van der Waals surface area contributed by atoms with E-state index >= 15 is 0 Å². The van der Waals surface area contributed by atoms with Crippen LogP contribution in [0.4, 0.5) is 0 Å². The second-order valence-corrected chi connectivity index (χ2v) is 3.46. The molecule has 1 unspecified atom stereocenters. The van der Waals surface area contributed by atoms with Gasteiger partial charge in [0.25, 0.3) is 0 Å². The fourth-order valence-electron chi connectivity index (χ4n) is 1.30. The lowest BCUT2D eigenvalue weighted by Crippen LogP contribution is -2.24. The molecular formula is C11H16N2O. The Labute approximate surface area is 84.6 Å². The van der Waals surface area contributed by atoms with Gasteiger partial charge in [-0.1, -0.05) is 6.92 Å². The van der Waals surface area contributed by atoms with Crippen molar-refractivity contribution in [3.8, 4) is 0 Å². The van der Waals surface area contributed by atoms with Gasteiger partial charge in [0.05, 0.1) is 0 Å². The monoisotopic (exact) mass is 192 g/mol. The molecule has 3 nitrogen and oxygen atoms in total. The van der Waals surface area contributed by atoms with Crippen molar-refractivity contribution in [3.63, 3.8) is 0 Å². The second-order valence-electron chi connectivity index (χ2n) is 3.46. The molecule has 1 heterocycles. The summed E-state index contributed by atoms with van der Waals surface area (Å²) < 4.78 is 0. The second kappa shape index (κ2) is 5.50. The highest BCUT2D eigenvalue weighted by atomic mass is 16.1. The minimum atomic E-state index is 0.0770. The fraction of sp³-hybridized carbons (Fsp3) is 0.455. The average molecular weight is 192 g/mol. The molecule has 76 valence electrons. The highest BCUT2D eigenvalue weighted by Gasteiger charge is 2.11. The molecule has 0 aliphatic rings.